The van der Waals surface area contributed by atoms with Gasteiger partial charge in [0, 0.05) is 12.1 Å². The molecule has 4 nitrogen and oxygen atoms in total. The Morgan fingerprint density at radius 3 is 2.46 bits per heavy atom. The van der Waals surface area contributed by atoms with Crippen LogP contribution in [0, 0.1) is 5.92 Å². The van der Waals surface area contributed by atoms with Gasteiger partial charge < -0.3 is 5.73 Å². The molecule has 3 N–H and O–H groups in total. The Morgan fingerprint density at radius 1 is 1.08 bits per heavy atom. The maximum Gasteiger partial charge on any atom is 0.237 e. The summed E-state index contributed by atoms with van der Waals surface area (Å²) < 4.78 is 0. The van der Waals surface area contributed by atoms with Gasteiger partial charge in [-0.05, 0) is 36.5 Å². The van der Waals surface area contributed by atoms with E-state index >= 15 is 0 Å². The highest BCUT2D eigenvalue weighted by Gasteiger charge is 2.43. The third-order valence-corrected chi connectivity index (χ3v) is 5.87. The van der Waals surface area contributed by atoms with Crippen LogP contribution < -0.4 is 11.1 Å². The van der Waals surface area contributed by atoms with Crippen molar-refractivity contribution in [3.63, 3.8) is 0 Å². The fraction of sp³-hybridized carbons (Fsp3) is 0.600. The molecule has 2 amide bonds. The number of hydrogen-bond acceptors (Lipinski definition) is 3. The van der Waals surface area contributed by atoms with Crippen molar-refractivity contribution in [3.05, 3.63) is 29.8 Å². The molecule has 2 fully saturated rings. The molecule has 0 aromatic heterocycles. The Bertz CT molecular complexity index is 590. The van der Waals surface area contributed by atoms with Crippen LogP contribution in [0.5, 0.6) is 0 Å². The maximum atomic E-state index is 12.7. The number of nitrogens with one attached hydrogen (secondary N) is 1. The summed E-state index contributed by atoms with van der Waals surface area (Å²) >= 11 is 0. The SMILES string of the molecule is Nc1ccc(C2(CCCC3CCCCC3)CCC(=O)NC2=O)cc1. The first-order chi connectivity index (χ1) is 11.6. The molecule has 1 aliphatic heterocycles. The third-order valence-electron chi connectivity index (χ3n) is 5.87. The predicted molar refractivity (Wildman–Crippen MR) is 95.3 cm³/mol. The molecular formula is C20H28N2O2. The number of benzene rings is 1. The molecule has 0 radical (unpaired) electrons. The standard InChI is InChI=1S/C20H28N2O2/c21-17-10-8-16(9-11-17)20(14-12-18(23)22-19(20)24)13-4-7-15-5-2-1-3-6-15/h8-11,15H,1-7,12-14,21H2,(H,22,23,24). The van der Waals surface area contributed by atoms with Gasteiger partial charge in [0.05, 0.1) is 5.41 Å². The predicted octanol–water partition coefficient (Wildman–Crippen LogP) is 3.69. The molecule has 0 bridgehead atoms. The molecule has 1 atom stereocenters. The quantitative estimate of drug-likeness (QED) is 0.639. The summed E-state index contributed by atoms with van der Waals surface area (Å²) in [5.41, 5.74) is 6.91. The summed E-state index contributed by atoms with van der Waals surface area (Å²) in [6, 6.07) is 7.60. The molecule has 2 aliphatic rings. The van der Waals surface area contributed by atoms with E-state index in [0.29, 0.717) is 18.5 Å². The minimum atomic E-state index is -0.573. The minimum absolute atomic E-state index is 0.132. The van der Waals surface area contributed by atoms with Crippen LogP contribution in [0.15, 0.2) is 24.3 Å². The highest BCUT2D eigenvalue weighted by Crippen LogP contribution is 2.39. The lowest BCUT2D eigenvalue weighted by Gasteiger charge is -2.36. The minimum Gasteiger partial charge on any atom is -0.399 e. The summed E-state index contributed by atoms with van der Waals surface area (Å²) in [6.45, 7) is 0. The fourth-order valence-electron chi connectivity index (χ4n) is 4.38. The van der Waals surface area contributed by atoms with E-state index in [-0.39, 0.29) is 11.8 Å². The topological polar surface area (TPSA) is 72.2 Å². The lowest BCUT2D eigenvalue weighted by molar-refractivity contribution is -0.138. The van der Waals surface area contributed by atoms with Crippen LogP contribution in [0.1, 0.15) is 69.8 Å². The van der Waals surface area contributed by atoms with Crippen molar-refractivity contribution in [2.24, 2.45) is 5.92 Å². The Balaban J connectivity index is 1.73. The van der Waals surface area contributed by atoms with Gasteiger partial charge in [0.15, 0.2) is 0 Å². The molecule has 4 heteroatoms. The number of rotatable bonds is 5. The molecule has 1 saturated carbocycles. The van der Waals surface area contributed by atoms with Crippen LogP contribution >= 0.6 is 0 Å². The van der Waals surface area contributed by atoms with Gasteiger partial charge in [-0.25, -0.2) is 0 Å². The first kappa shape index (κ1) is 17.0. The third kappa shape index (κ3) is 3.63. The van der Waals surface area contributed by atoms with Crippen molar-refractivity contribution in [2.75, 3.05) is 5.73 Å². The number of carbonyl (C=O) groups excluding carboxylic acids is 2. The summed E-state index contributed by atoms with van der Waals surface area (Å²) in [5.74, 6) is 0.529. The van der Waals surface area contributed by atoms with E-state index in [1.807, 2.05) is 24.3 Å². The van der Waals surface area contributed by atoms with E-state index in [9.17, 15) is 9.59 Å². The monoisotopic (exact) mass is 328 g/mol. The number of piperidine rings is 1. The normalized spacial score (nSPS) is 25.5. The Morgan fingerprint density at radius 2 is 1.79 bits per heavy atom. The fourth-order valence-corrected chi connectivity index (χ4v) is 4.38. The highest BCUT2D eigenvalue weighted by atomic mass is 16.2. The van der Waals surface area contributed by atoms with Crippen molar-refractivity contribution >= 4 is 17.5 Å². The summed E-state index contributed by atoms with van der Waals surface area (Å²) in [5, 5.41) is 2.56. The molecule has 1 saturated heterocycles. The zero-order valence-electron chi connectivity index (χ0n) is 14.4. The van der Waals surface area contributed by atoms with E-state index in [1.54, 1.807) is 0 Å². The molecule has 24 heavy (non-hydrogen) atoms. The van der Waals surface area contributed by atoms with Crippen molar-refractivity contribution in [3.8, 4) is 0 Å². The van der Waals surface area contributed by atoms with E-state index < -0.39 is 5.41 Å². The smallest absolute Gasteiger partial charge is 0.237 e. The molecule has 3 rings (SSSR count). The molecule has 130 valence electrons. The number of nitrogen functional groups attached to an aromatic ring is 1. The van der Waals surface area contributed by atoms with E-state index in [2.05, 4.69) is 5.32 Å². The van der Waals surface area contributed by atoms with Crippen LogP contribution in [0.25, 0.3) is 0 Å². The molecule has 1 aromatic rings. The van der Waals surface area contributed by atoms with Crippen LogP contribution in [0.4, 0.5) is 5.69 Å². The zero-order valence-corrected chi connectivity index (χ0v) is 14.4. The van der Waals surface area contributed by atoms with Crippen molar-refractivity contribution < 1.29 is 9.59 Å². The number of carbonyl (C=O) groups is 2. The van der Waals surface area contributed by atoms with Crippen molar-refractivity contribution in [1.82, 2.24) is 5.32 Å². The van der Waals surface area contributed by atoms with Crippen LogP contribution in [0.2, 0.25) is 0 Å². The zero-order chi connectivity index (χ0) is 17.0. The van der Waals surface area contributed by atoms with E-state index in [1.165, 1.54) is 38.5 Å². The second-order valence-electron chi connectivity index (χ2n) is 7.48. The second kappa shape index (κ2) is 7.37. The largest absolute Gasteiger partial charge is 0.399 e. The average Bonchev–Trinajstić information content (AvgIpc) is 2.59. The van der Waals surface area contributed by atoms with Crippen LogP contribution in [-0.2, 0) is 15.0 Å². The maximum absolute atomic E-state index is 12.7. The van der Waals surface area contributed by atoms with Crippen LogP contribution in [-0.4, -0.2) is 11.8 Å². The average molecular weight is 328 g/mol. The van der Waals surface area contributed by atoms with Gasteiger partial charge in [-0.2, -0.15) is 0 Å². The van der Waals surface area contributed by atoms with Gasteiger partial charge in [-0.15, -0.1) is 0 Å². The summed E-state index contributed by atoms with van der Waals surface area (Å²) in [6.07, 6.45) is 10.8. The van der Waals surface area contributed by atoms with Gasteiger partial charge in [0.1, 0.15) is 0 Å². The number of hydrogen-bond donors (Lipinski definition) is 2. The molecule has 1 unspecified atom stereocenters. The highest BCUT2D eigenvalue weighted by molar-refractivity contribution is 6.03. The van der Waals surface area contributed by atoms with Gasteiger partial charge >= 0.3 is 0 Å². The second-order valence-corrected chi connectivity index (χ2v) is 7.48. The van der Waals surface area contributed by atoms with E-state index in [4.69, 9.17) is 5.73 Å². The van der Waals surface area contributed by atoms with Gasteiger partial charge in [0.25, 0.3) is 0 Å². The lowest BCUT2D eigenvalue weighted by atomic mass is 9.70. The van der Waals surface area contributed by atoms with E-state index in [0.717, 1.165) is 24.3 Å². The van der Waals surface area contributed by atoms with Crippen molar-refractivity contribution in [2.45, 2.75) is 69.6 Å². The molecule has 1 aliphatic carbocycles. The Kier molecular flexibility index (Phi) is 5.22. The Labute approximate surface area is 144 Å². The lowest BCUT2D eigenvalue weighted by Crippen LogP contribution is -2.51. The number of imide groups is 1. The first-order valence-corrected chi connectivity index (χ1v) is 9.30. The van der Waals surface area contributed by atoms with Gasteiger partial charge in [0.2, 0.25) is 11.8 Å². The molecule has 1 heterocycles. The molecule has 1 aromatic carbocycles. The number of amides is 2. The van der Waals surface area contributed by atoms with Gasteiger partial charge in [-0.1, -0.05) is 57.1 Å². The van der Waals surface area contributed by atoms with Gasteiger partial charge in [-0.3, -0.25) is 14.9 Å². The summed E-state index contributed by atoms with van der Waals surface area (Å²) in [4.78, 5) is 24.3. The number of anilines is 1. The summed E-state index contributed by atoms with van der Waals surface area (Å²) in [7, 11) is 0. The molecule has 0 spiro atoms. The van der Waals surface area contributed by atoms with Crippen molar-refractivity contribution in [1.29, 1.82) is 0 Å². The first-order valence-electron chi connectivity index (χ1n) is 9.30. The number of nitrogens with two attached hydrogens (primary N) is 1. The molecular weight excluding hydrogens is 300 g/mol. The van der Waals surface area contributed by atoms with Crippen LogP contribution in [0.3, 0.4) is 0 Å². The Hall–Kier alpha value is -1.84.